The number of hydrogen-bond donors (Lipinski definition) is 1. The standard InChI is InChI=1S/C18H21N3O3/c22-17(23)13-20(11-9-14-6-2-1-3-7-14)18(24)15-12-19-21-10-5-4-8-16(15)21/h1-3,6-7,12H,4-5,8-11,13H2,(H,22,23). The van der Waals surface area contributed by atoms with Crippen LogP contribution in [0, 0.1) is 0 Å². The van der Waals surface area contributed by atoms with Crippen LogP contribution in [0.15, 0.2) is 36.5 Å². The van der Waals surface area contributed by atoms with Gasteiger partial charge in [0, 0.05) is 13.1 Å². The minimum absolute atomic E-state index is 0.239. The molecule has 1 aromatic heterocycles. The Kier molecular flexibility index (Phi) is 4.93. The summed E-state index contributed by atoms with van der Waals surface area (Å²) in [5, 5.41) is 13.4. The summed E-state index contributed by atoms with van der Waals surface area (Å²) >= 11 is 0. The Labute approximate surface area is 140 Å². The van der Waals surface area contributed by atoms with Crippen LogP contribution in [0.2, 0.25) is 0 Å². The number of hydrogen-bond acceptors (Lipinski definition) is 3. The van der Waals surface area contributed by atoms with Gasteiger partial charge in [-0.1, -0.05) is 30.3 Å². The molecule has 0 saturated carbocycles. The van der Waals surface area contributed by atoms with Crippen molar-refractivity contribution < 1.29 is 14.7 Å². The van der Waals surface area contributed by atoms with E-state index >= 15 is 0 Å². The van der Waals surface area contributed by atoms with Crippen molar-refractivity contribution in [2.45, 2.75) is 32.2 Å². The Hall–Kier alpha value is -2.63. The molecule has 126 valence electrons. The van der Waals surface area contributed by atoms with Crippen LogP contribution < -0.4 is 0 Å². The summed E-state index contributed by atoms with van der Waals surface area (Å²) in [5.74, 6) is -1.24. The third-order valence-electron chi connectivity index (χ3n) is 4.34. The predicted molar refractivity (Wildman–Crippen MR) is 88.9 cm³/mol. The molecule has 1 aliphatic heterocycles. The molecule has 6 heteroatoms. The Morgan fingerprint density at radius 1 is 1.21 bits per heavy atom. The highest BCUT2D eigenvalue weighted by molar-refractivity contribution is 5.96. The lowest BCUT2D eigenvalue weighted by Crippen LogP contribution is -2.37. The molecule has 6 nitrogen and oxygen atoms in total. The lowest BCUT2D eigenvalue weighted by molar-refractivity contribution is -0.137. The molecule has 0 radical (unpaired) electrons. The molecular weight excluding hydrogens is 306 g/mol. The number of aryl methyl sites for hydroxylation is 1. The molecule has 2 heterocycles. The molecule has 1 aliphatic rings. The van der Waals surface area contributed by atoms with Crippen molar-refractivity contribution in [3.8, 4) is 0 Å². The summed E-state index contributed by atoms with van der Waals surface area (Å²) in [4.78, 5) is 25.4. The van der Waals surface area contributed by atoms with Gasteiger partial charge in [0.2, 0.25) is 0 Å². The van der Waals surface area contributed by atoms with Crippen molar-refractivity contribution in [1.29, 1.82) is 0 Å². The Morgan fingerprint density at radius 3 is 2.75 bits per heavy atom. The van der Waals surface area contributed by atoms with Gasteiger partial charge in [-0.3, -0.25) is 14.3 Å². The number of nitrogens with zero attached hydrogens (tertiary/aromatic N) is 3. The molecule has 0 spiro atoms. The zero-order valence-corrected chi connectivity index (χ0v) is 13.5. The van der Waals surface area contributed by atoms with E-state index in [1.165, 1.54) is 4.90 Å². The van der Waals surface area contributed by atoms with Gasteiger partial charge in [0.15, 0.2) is 0 Å². The van der Waals surface area contributed by atoms with Crippen molar-refractivity contribution in [2.24, 2.45) is 0 Å². The van der Waals surface area contributed by atoms with E-state index in [4.69, 9.17) is 5.11 Å². The van der Waals surface area contributed by atoms with Crippen LogP contribution in [0.3, 0.4) is 0 Å². The molecule has 0 bridgehead atoms. The minimum atomic E-state index is -1.00. The highest BCUT2D eigenvalue weighted by Gasteiger charge is 2.25. The lowest BCUT2D eigenvalue weighted by Gasteiger charge is -2.22. The molecule has 0 saturated heterocycles. The van der Waals surface area contributed by atoms with Crippen LogP contribution in [0.25, 0.3) is 0 Å². The Morgan fingerprint density at radius 2 is 2.00 bits per heavy atom. The number of fused-ring (bicyclic) bond motifs is 1. The molecule has 0 aliphatic carbocycles. The Bertz CT molecular complexity index is 724. The molecule has 2 aromatic rings. The van der Waals surface area contributed by atoms with Gasteiger partial charge in [0.25, 0.3) is 5.91 Å². The van der Waals surface area contributed by atoms with Crippen LogP contribution in [-0.4, -0.2) is 44.8 Å². The first-order valence-electron chi connectivity index (χ1n) is 8.25. The van der Waals surface area contributed by atoms with Gasteiger partial charge in [-0.05, 0) is 31.2 Å². The fourth-order valence-electron chi connectivity index (χ4n) is 3.09. The summed E-state index contributed by atoms with van der Waals surface area (Å²) in [6.07, 6.45) is 5.13. The molecule has 0 fully saturated rings. The van der Waals surface area contributed by atoms with Crippen molar-refractivity contribution in [3.63, 3.8) is 0 Å². The third kappa shape index (κ3) is 3.64. The smallest absolute Gasteiger partial charge is 0.323 e. The minimum Gasteiger partial charge on any atom is -0.480 e. The molecule has 1 amide bonds. The SMILES string of the molecule is O=C(O)CN(CCc1ccccc1)C(=O)c1cnn2c1CCCC2. The van der Waals surface area contributed by atoms with E-state index in [2.05, 4.69) is 5.10 Å². The first-order chi connectivity index (χ1) is 11.6. The highest BCUT2D eigenvalue weighted by atomic mass is 16.4. The molecule has 1 aromatic carbocycles. The topological polar surface area (TPSA) is 75.4 Å². The van der Waals surface area contributed by atoms with E-state index in [0.717, 1.165) is 37.1 Å². The van der Waals surface area contributed by atoms with Crippen molar-refractivity contribution in [3.05, 3.63) is 53.3 Å². The van der Waals surface area contributed by atoms with Crippen molar-refractivity contribution >= 4 is 11.9 Å². The average Bonchev–Trinajstić information content (AvgIpc) is 3.02. The van der Waals surface area contributed by atoms with Crippen LogP contribution in [-0.2, 0) is 24.2 Å². The third-order valence-corrected chi connectivity index (χ3v) is 4.34. The van der Waals surface area contributed by atoms with Gasteiger partial charge in [-0.25, -0.2) is 0 Å². The first kappa shape index (κ1) is 16.2. The van der Waals surface area contributed by atoms with E-state index < -0.39 is 5.97 Å². The number of carbonyl (C=O) groups is 2. The monoisotopic (exact) mass is 327 g/mol. The summed E-state index contributed by atoms with van der Waals surface area (Å²) in [7, 11) is 0. The number of carboxylic acids is 1. The number of carbonyl (C=O) groups excluding carboxylic acids is 1. The van der Waals surface area contributed by atoms with Crippen LogP contribution in [0.5, 0.6) is 0 Å². The number of rotatable bonds is 6. The van der Waals surface area contributed by atoms with E-state index in [0.29, 0.717) is 18.5 Å². The highest BCUT2D eigenvalue weighted by Crippen LogP contribution is 2.19. The fourth-order valence-corrected chi connectivity index (χ4v) is 3.09. The second kappa shape index (κ2) is 7.29. The van der Waals surface area contributed by atoms with E-state index in [1.54, 1.807) is 6.20 Å². The van der Waals surface area contributed by atoms with Crippen molar-refractivity contribution in [1.82, 2.24) is 14.7 Å². The van der Waals surface area contributed by atoms with E-state index in [9.17, 15) is 9.59 Å². The maximum Gasteiger partial charge on any atom is 0.323 e. The second-order valence-corrected chi connectivity index (χ2v) is 6.04. The van der Waals surface area contributed by atoms with Gasteiger partial charge in [-0.2, -0.15) is 5.10 Å². The summed E-state index contributed by atoms with van der Waals surface area (Å²) in [5.41, 5.74) is 2.56. The Balaban J connectivity index is 1.76. The zero-order chi connectivity index (χ0) is 16.9. The van der Waals surface area contributed by atoms with Crippen LogP contribution >= 0.6 is 0 Å². The molecule has 24 heavy (non-hydrogen) atoms. The maximum atomic E-state index is 12.8. The molecule has 1 N–H and O–H groups in total. The number of aromatic nitrogens is 2. The molecule has 0 unspecified atom stereocenters. The van der Waals surface area contributed by atoms with Crippen LogP contribution in [0.1, 0.15) is 34.5 Å². The van der Waals surface area contributed by atoms with E-state index in [-0.39, 0.29) is 12.5 Å². The fraction of sp³-hybridized carbons (Fsp3) is 0.389. The van der Waals surface area contributed by atoms with Gasteiger partial charge >= 0.3 is 5.97 Å². The normalized spacial score (nSPS) is 13.3. The maximum absolute atomic E-state index is 12.8. The molecular formula is C18H21N3O3. The average molecular weight is 327 g/mol. The van der Waals surface area contributed by atoms with Gasteiger partial charge in [-0.15, -0.1) is 0 Å². The van der Waals surface area contributed by atoms with Gasteiger partial charge < -0.3 is 10.0 Å². The van der Waals surface area contributed by atoms with E-state index in [1.807, 2.05) is 35.0 Å². The second-order valence-electron chi connectivity index (χ2n) is 6.04. The number of benzene rings is 1. The number of carboxylic acid groups (broad SMARTS) is 1. The van der Waals surface area contributed by atoms with Crippen LogP contribution in [0.4, 0.5) is 0 Å². The predicted octanol–water partition coefficient (Wildman–Crippen LogP) is 1.99. The quantitative estimate of drug-likeness (QED) is 0.880. The van der Waals surface area contributed by atoms with Crippen molar-refractivity contribution in [2.75, 3.05) is 13.1 Å². The zero-order valence-electron chi connectivity index (χ0n) is 13.5. The van der Waals surface area contributed by atoms with Gasteiger partial charge in [0.1, 0.15) is 6.54 Å². The van der Waals surface area contributed by atoms with Gasteiger partial charge in [0.05, 0.1) is 17.5 Å². The summed E-state index contributed by atoms with van der Waals surface area (Å²) in [6.45, 7) is 0.904. The summed E-state index contributed by atoms with van der Waals surface area (Å²) in [6, 6.07) is 9.76. The number of aliphatic carboxylic acids is 1. The lowest BCUT2D eigenvalue weighted by atomic mass is 10.1. The molecule has 3 rings (SSSR count). The molecule has 0 atom stereocenters. The summed E-state index contributed by atoms with van der Waals surface area (Å²) < 4.78 is 1.87. The number of amides is 1. The first-order valence-corrected chi connectivity index (χ1v) is 8.25. The largest absolute Gasteiger partial charge is 0.480 e.